The summed E-state index contributed by atoms with van der Waals surface area (Å²) < 4.78 is 0. The van der Waals surface area contributed by atoms with Gasteiger partial charge in [-0.15, -0.1) is 0 Å². The van der Waals surface area contributed by atoms with Crippen LogP contribution in [0.2, 0.25) is 0 Å². The Balaban J connectivity index is 2.15. The average Bonchev–Trinajstić information content (AvgIpc) is 2.02. The molecule has 0 nitrogen and oxygen atoms in total. The molecule has 2 rings (SSSR count). The first kappa shape index (κ1) is 7.72. The molecule has 1 aliphatic carbocycles. The van der Waals surface area contributed by atoms with Crippen LogP contribution in [-0.4, -0.2) is 11.0 Å². The number of hydrogen-bond acceptors (Lipinski definition) is 1. The molecule has 3 atom stereocenters. The maximum atomic E-state index is 2.46. The summed E-state index contributed by atoms with van der Waals surface area (Å²) >= 11 is 2.17. The van der Waals surface area contributed by atoms with Gasteiger partial charge in [0.05, 0.1) is 0 Å². The van der Waals surface area contributed by atoms with Crippen molar-refractivity contribution < 1.29 is 0 Å². The van der Waals surface area contributed by atoms with Crippen LogP contribution < -0.4 is 0 Å². The minimum atomic E-state index is 0.880. The molecule has 1 aliphatic heterocycles. The highest BCUT2D eigenvalue weighted by molar-refractivity contribution is 8.00. The minimum absolute atomic E-state index is 0.880. The lowest BCUT2D eigenvalue weighted by Gasteiger charge is -2.37. The first-order valence-electron chi connectivity index (χ1n) is 4.55. The van der Waals surface area contributed by atoms with Gasteiger partial charge in [-0.05, 0) is 37.4 Å². The number of rotatable bonds is 0. The topological polar surface area (TPSA) is 0 Å². The second kappa shape index (κ2) is 2.85. The lowest BCUT2D eigenvalue weighted by atomic mass is 9.82. The Morgan fingerprint density at radius 1 is 1.55 bits per heavy atom. The van der Waals surface area contributed by atoms with Crippen LogP contribution in [0.1, 0.15) is 26.7 Å². The van der Waals surface area contributed by atoms with Crippen LogP contribution in [0.5, 0.6) is 0 Å². The molecule has 0 aromatic heterocycles. The maximum absolute atomic E-state index is 2.46. The fourth-order valence-corrected chi connectivity index (χ4v) is 3.64. The van der Waals surface area contributed by atoms with Crippen LogP contribution in [0.4, 0.5) is 0 Å². The predicted molar refractivity (Wildman–Crippen MR) is 51.9 cm³/mol. The smallest absolute Gasteiger partial charge is 0.0256 e. The van der Waals surface area contributed by atoms with E-state index in [4.69, 9.17) is 0 Å². The van der Waals surface area contributed by atoms with E-state index < -0.39 is 0 Å². The molecule has 62 valence electrons. The lowest BCUT2D eigenvalue weighted by molar-refractivity contribution is 0.347. The van der Waals surface area contributed by atoms with Crippen molar-refractivity contribution in [1.82, 2.24) is 0 Å². The Labute approximate surface area is 73.4 Å². The van der Waals surface area contributed by atoms with Gasteiger partial charge in [0, 0.05) is 5.25 Å². The van der Waals surface area contributed by atoms with E-state index in [9.17, 15) is 0 Å². The van der Waals surface area contributed by atoms with E-state index in [1.807, 2.05) is 0 Å². The highest BCUT2D eigenvalue weighted by atomic mass is 32.2. The Morgan fingerprint density at radius 3 is 3.18 bits per heavy atom. The molecule has 1 saturated heterocycles. The SMILES string of the molecule is CC1=CC[C@@H]2C[C@H]1SC[C@H]2C. The summed E-state index contributed by atoms with van der Waals surface area (Å²) in [4.78, 5) is 0. The average molecular weight is 168 g/mol. The number of hydrogen-bond donors (Lipinski definition) is 0. The Morgan fingerprint density at radius 2 is 2.36 bits per heavy atom. The van der Waals surface area contributed by atoms with E-state index in [1.54, 1.807) is 5.57 Å². The largest absolute Gasteiger partial charge is 0.154 e. The third kappa shape index (κ3) is 1.35. The standard InChI is InChI=1S/C10H16S/c1-7-3-4-9-5-10(7)11-6-8(9)2/h3,8-10H,4-6H2,1-2H3/t8-,9-,10-/m1/s1. The van der Waals surface area contributed by atoms with Gasteiger partial charge in [-0.3, -0.25) is 0 Å². The van der Waals surface area contributed by atoms with E-state index in [0.717, 1.165) is 17.1 Å². The number of fused-ring (bicyclic) bond motifs is 2. The summed E-state index contributed by atoms with van der Waals surface area (Å²) in [6, 6.07) is 0. The molecule has 0 unspecified atom stereocenters. The van der Waals surface area contributed by atoms with Gasteiger partial charge in [0.15, 0.2) is 0 Å². The van der Waals surface area contributed by atoms with Crippen LogP contribution in [0.3, 0.4) is 0 Å². The van der Waals surface area contributed by atoms with Crippen LogP contribution in [0.25, 0.3) is 0 Å². The van der Waals surface area contributed by atoms with Gasteiger partial charge in [0.25, 0.3) is 0 Å². The monoisotopic (exact) mass is 168 g/mol. The number of allylic oxidation sites excluding steroid dienone is 1. The second-order valence-electron chi connectivity index (χ2n) is 3.98. The first-order valence-corrected chi connectivity index (χ1v) is 5.60. The van der Waals surface area contributed by atoms with E-state index >= 15 is 0 Å². The highest BCUT2D eigenvalue weighted by Gasteiger charge is 2.30. The van der Waals surface area contributed by atoms with Crippen molar-refractivity contribution >= 4 is 11.8 Å². The van der Waals surface area contributed by atoms with Gasteiger partial charge >= 0.3 is 0 Å². The molecule has 1 heteroatoms. The van der Waals surface area contributed by atoms with Crippen LogP contribution in [0.15, 0.2) is 11.6 Å². The molecule has 0 amide bonds. The fourth-order valence-electron chi connectivity index (χ4n) is 2.09. The quantitative estimate of drug-likeness (QED) is 0.501. The molecular formula is C10H16S. The van der Waals surface area contributed by atoms with Gasteiger partial charge in [-0.1, -0.05) is 18.6 Å². The number of thioether (sulfide) groups is 1. The van der Waals surface area contributed by atoms with Gasteiger partial charge in [-0.2, -0.15) is 11.8 Å². The summed E-state index contributed by atoms with van der Waals surface area (Å²) in [6.45, 7) is 4.70. The zero-order valence-corrected chi connectivity index (χ0v) is 8.16. The fraction of sp³-hybridized carbons (Fsp3) is 0.800. The molecule has 0 aromatic rings. The molecule has 0 spiro atoms. The van der Waals surface area contributed by atoms with E-state index in [2.05, 4.69) is 31.7 Å². The van der Waals surface area contributed by atoms with E-state index in [1.165, 1.54) is 18.6 Å². The summed E-state index contributed by atoms with van der Waals surface area (Å²) in [6.07, 6.45) is 5.26. The molecule has 0 radical (unpaired) electrons. The molecule has 1 heterocycles. The summed E-state index contributed by atoms with van der Waals surface area (Å²) in [5.74, 6) is 3.35. The lowest BCUT2D eigenvalue weighted by Crippen LogP contribution is -2.29. The van der Waals surface area contributed by atoms with Gasteiger partial charge < -0.3 is 0 Å². The molecule has 2 aliphatic rings. The van der Waals surface area contributed by atoms with Crippen molar-refractivity contribution in [3.05, 3.63) is 11.6 Å². The second-order valence-corrected chi connectivity index (χ2v) is 5.21. The zero-order chi connectivity index (χ0) is 7.84. The summed E-state index contributed by atoms with van der Waals surface area (Å²) in [5.41, 5.74) is 1.64. The predicted octanol–water partition coefficient (Wildman–Crippen LogP) is 3.09. The summed E-state index contributed by atoms with van der Waals surface area (Å²) in [7, 11) is 0. The Bertz CT molecular complexity index is 183. The maximum Gasteiger partial charge on any atom is 0.0256 e. The third-order valence-electron chi connectivity index (χ3n) is 3.13. The molecule has 11 heavy (non-hydrogen) atoms. The van der Waals surface area contributed by atoms with E-state index in [0.29, 0.717) is 0 Å². The van der Waals surface area contributed by atoms with Crippen molar-refractivity contribution in [3.8, 4) is 0 Å². The Kier molecular flexibility index (Phi) is 2.00. The molecule has 0 N–H and O–H groups in total. The van der Waals surface area contributed by atoms with E-state index in [-0.39, 0.29) is 0 Å². The van der Waals surface area contributed by atoms with Crippen molar-refractivity contribution in [3.63, 3.8) is 0 Å². The van der Waals surface area contributed by atoms with Crippen molar-refractivity contribution in [2.24, 2.45) is 11.8 Å². The first-order chi connectivity index (χ1) is 5.27. The molecule has 1 fully saturated rings. The van der Waals surface area contributed by atoms with Gasteiger partial charge in [0.1, 0.15) is 0 Å². The van der Waals surface area contributed by atoms with Crippen molar-refractivity contribution in [2.45, 2.75) is 31.9 Å². The summed E-state index contributed by atoms with van der Waals surface area (Å²) in [5, 5.41) is 0.880. The molecule has 0 aromatic carbocycles. The molecule has 0 saturated carbocycles. The van der Waals surface area contributed by atoms with Crippen LogP contribution in [0, 0.1) is 11.8 Å². The van der Waals surface area contributed by atoms with Crippen molar-refractivity contribution in [2.75, 3.05) is 5.75 Å². The molecular weight excluding hydrogens is 152 g/mol. The zero-order valence-electron chi connectivity index (χ0n) is 7.34. The van der Waals surface area contributed by atoms with Crippen molar-refractivity contribution in [1.29, 1.82) is 0 Å². The minimum Gasteiger partial charge on any atom is -0.154 e. The normalized spacial score (nSPS) is 43.5. The van der Waals surface area contributed by atoms with Crippen LogP contribution in [-0.2, 0) is 0 Å². The highest BCUT2D eigenvalue weighted by Crippen LogP contribution is 2.42. The van der Waals surface area contributed by atoms with Crippen LogP contribution >= 0.6 is 11.8 Å². The van der Waals surface area contributed by atoms with Gasteiger partial charge in [0.2, 0.25) is 0 Å². The van der Waals surface area contributed by atoms with Gasteiger partial charge in [-0.25, -0.2) is 0 Å². The Hall–Kier alpha value is 0.0900. The molecule has 2 bridgehead atoms. The third-order valence-corrected chi connectivity index (χ3v) is 4.82.